The van der Waals surface area contributed by atoms with Crippen LogP contribution in [-0.2, 0) is 6.54 Å². The van der Waals surface area contributed by atoms with E-state index in [-0.39, 0.29) is 0 Å². The van der Waals surface area contributed by atoms with Crippen molar-refractivity contribution in [1.82, 2.24) is 4.57 Å². The number of aryl methyl sites for hydroxylation is 1. The average molecular weight is 124 g/mol. The molecule has 0 saturated carbocycles. The van der Waals surface area contributed by atoms with Gasteiger partial charge in [-0.25, -0.2) is 0 Å². The first-order chi connectivity index (χ1) is 4.34. The Bertz CT molecular complexity index is 179. The molecule has 0 saturated heterocycles. The van der Waals surface area contributed by atoms with E-state index in [1.54, 1.807) is 0 Å². The molecule has 1 aromatic rings. The van der Waals surface area contributed by atoms with Gasteiger partial charge in [0.05, 0.1) is 0 Å². The molecule has 0 bridgehead atoms. The van der Waals surface area contributed by atoms with E-state index in [1.165, 1.54) is 5.69 Å². The summed E-state index contributed by atoms with van der Waals surface area (Å²) in [7, 11) is 0. The molecule has 2 nitrogen and oxygen atoms in total. The van der Waals surface area contributed by atoms with E-state index in [0.29, 0.717) is 0 Å². The van der Waals surface area contributed by atoms with Gasteiger partial charge < -0.3 is 10.3 Å². The molecule has 1 heterocycles. The van der Waals surface area contributed by atoms with E-state index in [0.717, 1.165) is 13.1 Å². The van der Waals surface area contributed by atoms with Crippen LogP contribution in [0.5, 0.6) is 0 Å². The molecular formula is C7H12N2. The average Bonchev–Trinajstić information content (AvgIpc) is 2.18. The fourth-order valence-corrected chi connectivity index (χ4v) is 0.889. The van der Waals surface area contributed by atoms with Crippen molar-refractivity contribution in [3.8, 4) is 0 Å². The molecule has 0 aliphatic heterocycles. The zero-order valence-electron chi connectivity index (χ0n) is 5.67. The van der Waals surface area contributed by atoms with Crippen LogP contribution in [0.3, 0.4) is 0 Å². The second-order valence-corrected chi connectivity index (χ2v) is 2.13. The normalized spacial score (nSPS) is 10.0. The van der Waals surface area contributed by atoms with Crippen molar-refractivity contribution in [3.63, 3.8) is 0 Å². The van der Waals surface area contributed by atoms with Gasteiger partial charge in [0.2, 0.25) is 0 Å². The van der Waals surface area contributed by atoms with Crippen molar-refractivity contribution in [2.24, 2.45) is 5.73 Å². The quantitative estimate of drug-likeness (QED) is 0.620. The third kappa shape index (κ3) is 1.33. The number of aromatic nitrogens is 1. The maximum Gasteiger partial charge on any atom is 0.0345 e. The minimum atomic E-state index is 0.718. The van der Waals surface area contributed by atoms with Crippen LogP contribution >= 0.6 is 0 Å². The maximum atomic E-state index is 5.37. The molecule has 0 spiro atoms. The van der Waals surface area contributed by atoms with Crippen LogP contribution in [0.2, 0.25) is 0 Å². The van der Waals surface area contributed by atoms with Crippen molar-refractivity contribution in [2.75, 3.05) is 6.54 Å². The first kappa shape index (κ1) is 6.36. The van der Waals surface area contributed by atoms with Gasteiger partial charge in [-0.1, -0.05) is 0 Å². The number of hydrogen-bond donors (Lipinski definition) is 1. The van der Waals surface area contributed by atoms with E-state index in [9.17, 15) is 0 Å². The fourth-order valence-electron chi connectivity index (χ4n) is 0.889. The fraction of sp³-hybridized carbons (Fsp3) is 0.429. The highest BCUT2D eigenvalue weighted by Crippen LogP contribution is 1.97. The molecule has 1 aromatic heterocycles. The topological polar surface area (TPSA) is 30.9 Å². The molecule has 0 fully saturated rings. The number of nitrogens with zero attached hydrogens (tertiary/aromatic N) is 1. The largest absolute Gasteiger partial charge is 0.350 e. The Morgan fingerprint density at radius 3 is 2.89 bits per heavy atom. The van der Waals surface area contributed by atoms with E-state index >= 15 is 0 Å². The standard InChI is InChI=1S/C7H12N2/c1-7-3-2-5-9(7)6-4-8/h2-3,5H,4,6,8H2,1H3. The van der Waals surface area contributed by atoms with Crippen molar-refractivity contribution in [3.05, 3.63) is 24.0 Å². The summed E-state index contributed by atoms with van der Waals surface area (Å²) in [5.74, 6) is 0. The van der Waals surface area contributed by atoms with E-state index < -0.39 is 0 Å². The highest BCUT2D eigenvalue weighted by Gasteiger charge is 1.89. The van der Waals surface area contributed by atoms with Gasteiger partial charge in [-0.15, -0.1) is 0 Å². The molecule has 0 aliphatic rings. The van der Waals surface area contributed by atoms with E-state index in [4.69, 9.17) is 5.73 Å². The van der Waals surface area contributed by atoms with Gasteiger partial charge in [-0.2, -0.15) is 0 Å². The first-order valence-corrected chi connectivity index (χ1v) is 3.16. The molecule has 0 aromatic carbocycles. The molecule has 2 heteroatoms. The second-order valence-electron chi connectivity index (χ2n) is 2.13. The van der Waals surface area contributed by atoms with E-state index in [1.807, 2.05) is 12.3 Å². The smallest absolute Gasteiger partial charge is 0.0345 e. The summed E-state index contributed by atoms with van der Waals surface area (Å²) in [6.07, 6.45) is 2.04. The Balaban J connectivity index is 2.69. The zero-order valence-corrected chi connectivity index (χ0v) is 5.67. The predicted molar refractivity (Wildman–Crippen MR) is 38.2 cm³/mol. The number of nitrogens with two attached hydrogens (primary N) is 1. The summed E-state index contributed by atoms with van der Waals surface area (Å²) in [6.45, 7) is 3.73. The Kier molecular flexibility index (Phi) is 1.90. The Morgan fingerprint density at radius 2 is 2.44 bits per heavy atom. The minimum Gasteiger partial charge on any atom is -0.350 e. The van der Waals surface area contributed by atoms with E-state index in [2.05, 4.69) is 17.6 Å². The predicted octanol–water partition coefficient (Wildman–Crippen LogP) is 0.755. The minimum absolute atomic E-state index is 0.718. The van der Waals surface area contributed by atoms with Gasteiger partial charge in [-0.05, 0) is 19.1 Å². The summed E-state index contributed by atoms with van der Waals surface area (Å²) in [5, 5.41) is 0. The Hall–Kier alpha value is -0.760. The third-order valence-corrected chi connectivity index (χ3v) is 1.43. The van der Waals surface area contributed by atoms with Gasteiger partial charge >= 0.3 is 0 Å². The van der Waals surface area contributed by atoms with Crippen molar-refractivity contribution < 1.29 is 0 Å². The lowest BCUT2D eigenvalue weighted by molar-refractivity contribution is 0.693. The van der Waals surface area contributed by atoms with Crippen LogP contribution in [0, 0.1) is 6.92 Å². The van der Waals surface area contributed by atoms with Gasteiger partial charge in [-0.3, -0.25) is 0 Å². The lowest BCUT2D eigenvalue weighted by Gasteiger charge is -2.00. The van der Waals surface area contributed by atoms with Gasteiger partial charge in [0.1, 0.15) is 0 Å². The number of rotatable bonds is 2. The lowest BCUT2D eigenvalue weighted by atomic mass is 10.5. The highest BCUT2D eigenvalue weighted by atomic mass is 15.0. The summed E-state index contributed by atoms with van der Waals surface area (Å²) < 4.78 is 2.14. The SMILES string of the molecule is Cc1cccn1CCN. The molecule has 1 rings (SSSR count). The van der Waals surface area contributed by atoms with Crippen LogP contribution in [0.25, 0.3) is 0 Å². The van der Waals surface area contributed by atoms with Gasteiger partial charge in [0.25, 0.3) is 0 Å². The van der Waals surface area contributed by atoms with Crippen LogP contribution in [-0.4, -0.2) is 11.1 Å². The lowest BCUT2D eigenvalue weighted by Crippen LogP contribution is -2.09. The van der Waals surface area contributed by atoms with Crippen molar-refractivity contribution in [2.45, 2.75) is 13.5 Å². The molecular weight excluding hydrogens is 112 g/mol. The Morgan fingerprint density at radius 1 is 1.67 bits per heavy atom. The molecule has 0 atom stereocenters. The summed E-state index contributed by atoms with van der Waals surface area (Å²) in [6, 6.07) is 4.11. The van der Waals surface area contributed by atoms with Crippen molar-refractivity contribution >= 4 is 0 Å². The molecule has 2 N–H and O–H groups in total. The summed E-state index contributed by atoms with van der Waals surface area (Å²) >= 11 is 0. The van der Waals surface area contributed by atoms with Crippen molar-refractivity contribution in [1.29, 1.82) is 0 Å². The molecule has 50 valence electrons. The third-order valence-electron chi connectivity index (χ3n) is 1.43. The molecule has 0 amide bonds. The zero-order chi connectivity index (χ0) is 6.69. The Labute approximate surface area is 55.3 Å². The first-order valence-electron chi connectivity index (χ1n) is 3.16. The van der Waals surface area contributed by atoms with Crippen LogP contribution in [0.4, 0.5) is 0 Å². The monoisotopic (exact) mass is 124 g/mol. The molecule has 9 heavy (non-hydrogen) atoms. The maximum absolute atomic E-state index is 5.37. The van der Waals surface area contributed by atoms with Gasteiger partial charge in [0, 0.05) is 25.0 Å². The van der Waals surface area contributed by atoms with Crippen LogP contribution in [0.1, 0.15) is 5.69 Å². The molecule has 0 unspecified atom stereocenters. The summed E-state index contributed by atoms with van der Waals surface area (Å²) in [5.41, 5.74) is 6.65. The van der Waals surface area contributed by atoms with Gasteiger partial charge in [0.15, 0.2) is 0 Å². The highest BCUT2D eigenvalue weighted by molar-refractivity contribution is 5.04. The van der Waals surface area contributed by atoms with Crippen LogP contribution < -0.4 is 5.73 Å². The molecule has 0 radical (unpaired) electrons. The summed E-state index contributed by atoms with van der Waals surface area (Å²) in [4.78, 5) is 0. The van der Waals surface area contributed by atoms with Crippen LogP contribution in [0.15, 0.2) is 18.3 Å². The number of hydrogen-bond acceptors (Lipinski definition) is 1. The molecule has 0 aliphatic carbocycles. The second kappa shape index (κ2) is 2.69.